The third-order valence-corrected chi connectivity index (χ3v) is 11.4. The van der Waals surface area contributed by atoms with Crippen molar-refractivity contribution in [3.8, 4) is 0 Å². The van der Waals surface area contributed by atoms with Gasteiger partial charge in [-0.25, -0.2) is 9.59 Å². The molecule has 2 rings (SSSR count). The monoisotopic (exact) mass is 837 g/mol. The van der Waals surface area contributed by atoms with Gasteiger partial charge in [-0.05, 0) is 59.3 Å². The number of rotatable bonds is 19. The maximum atomic E-state index is 14.1. The summed E-state index contributed by atoms with van der Waals surface area (Å²) in [4.78, 5) is 123. The van der Waals surface area contributed by atoms with Gasteiger partial charge < -0.3 is 45.2 Å². The van der Waals surface area contributed by atoms with Crippen molar-refractivity contribution < 1.29 is 58.1 Å². The second kappa shape index (κ2) is 21.9. The van der Waals surface area contributed by atoms with E-state index in [1.54, 1.807) is 27.7 Å². The Morgan fingerprint density at radius 2 is 1.39 bits per heavy atom. The Morgan fingerprint density at radius 3 is 1.88 bits per heavy atom. The molecule has 1 aliphatic carbocycles. The van der Waals surface area contributed by atoms with E-state index in [4.69, 9.17) is 9.84 Å². The topological polar surface area (TPSA) is 244 Å². The van der Waals surface area contributed by atoms with Gasteiger partial charge >= 0.3 is 18.0 Å². The normalized spacial score (nSPS) is 18.6. The van der Waals surface area contributed by atoms with Crippen molar-refractivity contribution in [3.63, 3.8) is 0 Å². The van der Waals surface area contributed by atoms with E-state index in [0.717, 1.165) is 41.9 Å². The molecule has 0 aromatic heterocycles. The van der Waals surface area contributed by atoms with E-state index in [-0.39, 0.29) is 18.4 Å². The molecule has 0 spiro atoms. The molecule has 1 aliphatic heterocycles. The van der Waals surface area contributed by atoms with Gasteiger partial charge in [0.1, 0.15) is 41.9 Å². The largest absolute Gasteiger partial charge is 0.481 e. The fourth-order valence-corrected chi connectivity index (χ4v) is 7.06. The highest BCUT2D eigenvalue weighted by atomic mass is 16.6. The van der Waals surface area contributed by atoms with E-state index in [9.17, 15) is 48.3 Å². The van der Waals surface area contributed by atoms with E-state index in [0.29, 0.717) is 19.3 Å². The van der Waals surface area contributed by atoms with Gasteiger partial charge in [-0.2, -0.15) is 0 Å². The molecule has 0 bridgehead atoms. The molecule has 19 heteroatoms. The summed E-state index contributed by atoms with van der Waals surface area (Å²) < 4.78 is 5.37. The second-order valence-electron chi connectivity index (χ2n) is 17.1. The summed E-state index contributed by atoms with van der Waals surface area (Å²) >= 11 is 0. The number of hydrogen-bond donors (Lipinski definition) is 4. The van der Waals surface area contributed by atoms with Crippen LogP contribution in [-0.4, -0.2) is 171 Å². The van der Waals surface area contributed by atoms with Crippen molar-refractivity contribution >= 4 is 53.5 Å². The highest BCUT2D eigenvalue weighted by molar-refractivity contribution is 5.97. The lowest BCUT2D eigenvalue weighted by Crippen LogP contribution is -2.65. The highest BCUT2D eigenvalue weighted by Gasteiger charge is 2.45. The number of carboxylic acid groups (broad SMARTS) is 2. The zero-order chi connectivity index (χ0) is 45.1. The van der Waals surface area contributed by atoms with Crippen LogP contribution < -0.4 is 10.6 Å². The predicted molar refractivity (Wildman–Crippen MR) is 214 cm³/mol. The first kappa shape index (κ1) is 50.2. The average Bonchev–Trinajstić information content (AvgIpc) is 3.15. The summed E-state index contributed by atoms with van der Waals surface area (Å²) in [5.74, 6) is -6.82. The number of amides is 7. The van der Waals surface area contributed by atoms with Crippen LogP contribution in [0.3, 0.4) is 0 Å². The van der Waals surface area contributed by atoms with Crippen LogP contribution in [0.5, 0.6) is 0 Å². The summed E-state index contributed by atoms with van der Waals surface area (Å²) in [6, 6.07) is -6.74. The van der Waals surface area contributed by atoms with Gasteiger partial charge in [0, 0.05) is 34.7 Å². The minimum absolute atomic E-state index is 0.112. The Bertz CT molecular complexity index is 1560. The van der Waals surface area contributed by atoms with E-state index in [1.165, 1.54) is 56.7 Å². The summed E-state index contributed by atoms with van der Waals surface area (Å²) in [5.41, 5.74) is -0.787. The van der Waals surface area contributed by atoms with Crippen LogP contribution in [0.15, 0.2) is 0 Å². The molecule has 7 atom stereocenters. The van der Waals surface area contributed by atoms with Crippen LogP contribution in [0.4, 0.5) is 4.79 Å². The zero-order valence-electron chi connectivity index (χ0n) is 36.6. The van der Waals surface area contributed by atoms with Crippen LogP contribution >= 0.6 is 0 Å². The van der Waals surface area contributed by atoms with Gasteiger partial charge in [0.25, 0.3) is 0 Å². The highest BCUT2D eigenvalue weighted by Crippen LogP contribution is 2.30. The van der Waals surface area contributed by atoms with Crippen LogP contribution in [0, 0.1) is 11.8 Å². The van der Waals surface area contributed by atoms with E-state index in [2.05, 4.69) is 10.6 Å². The molecule has 0 radical (unpaired) electrons. The van der Waals surface area contributed by atoms with Crippen molar-refractivity contribution in [3.05, 3.63) is 0 Å². The molecule has 2 aliphatic rings. The van der Waals surface area contributed by atoms with Gasteiger partial charge in [-0.1, -0.05) is 52.4 Å². The molecule has 59 heavy (non-hydrogen) atoms. The first-order valence-corrected chi connectivity index (χ1v) is 20.4. The van der Waals surface area contributed by atoms with Crippen LogP contribution in [0.2, 0.25) is 0 Å². The molecule has 1 saturated heterocycles. The quantitative estimate of drug-likeness (QED) is 0.145. The molecule has 334 valence electrons. The fraction of sp³-hybridized carbons (Fsp3) is 0.775. The zero-order valence-corrected chi connectivity index (χ0v) is 36.6. The van der Waals surface area contributed by atoms with Gasteiger partial charge in [-0.3, -0.25) is 38.5 Å². The van der Waals surface area contributed by atoms with Gasteiger partial charge in [0.15, 0.2) is 0 Å². The number of hydrogen-bond acceptors (Lipinski definition) is 10. The van der Waals surface area contributed by atoms with Gasteiger partial charge in [0.05, 0.1) is 13.0 Å². The molecule has 0 aromatic rings. The minimum atomic E-state index is -1.70. The Morgan fingerprint density at radius 1 is 0.797 bits per heavy atom. The molecule has 0 unspecified atom stereocenters. The standard InChI is InChI=1S/C40H67N7O12/c1-12-23(2)32(42-33(51)24(3)45(10)39(58)59-40(5,6)7)37(55)44(9)25(4)34(52)47-19-18-28(47)36(54)46(11)29(20-26-16-14-13-15-17-26)35(53)43(8)22-30(48)41-27(38(56)57)21-31(49)50/h23-29,32H,12-22H2,1-11H3,(H,41,48)(H,42,51)(H,49,50)(H,56,57)/t23-,24-,25-,27-,28-,29-,32-/m0/s1. The van der Waals surface area contributed by atoms with Gasteiger partial charge in [-0.15, -0.1) is 0 Å². The number of likely N-dealkylation sites (N-methyl/N-ethyl adjacent to an activating group) is 4. The Labute approximate surface area is 347 Å². The number of carbonyl (C=O) groups excluding carboxylic acids is 7. The maximum absolute atomic E-state index is 14.1. The number of nitrogens with zero attached hydrogens (tertiary/aromatic N) is 5. The molecule has 2 fully saturated rings. The molecule has 19 nitrogen and oxygen atoms in total. The van der Waals surface area contributed by atoms with Crippen molar-refractivity contribution in [2.45, 2.75) is 148 Å². The molecular formula is C40H67N7O12. The number of nitrogens with one attached hydrogen (secondary N) is 2. The third-order valence-electron chi connectivity index (χ3n) is 11.4. The summed E-state index contributed by atoms with van der Waals surface area (Å²) in [7, 11) is 5.67. The van der Waals surface area contributed by atoms with Crippen molar-refractivity contribution in [2.75, 3.05) is 41.3 Å². The van der Waals surface area contributed by atoms with E-state index in [1.807, 2.05) is 6.92 Å². The lowest BCUT2D eigenvalue weighted by Gasteiger charge is -2.45. The molecule has 1 saturated carbocycles. The van der Waals surface area contributed by atoms with Gasteiger partial charge in [0.2, 0.25) is 35.4 Å². The Kier molecular flexibility index (Phi) is 18.6. The van der Waals surface area contributed by atoms with Crippen LogP contribution in [-0.2, 0) is 43.1 Å². The van der Waals surface area contributed by atoms with Crippen molar-refractivity contribution in [2.24, 2.45) is 11.8 Å². The lowest BCUT2D eigenvalue weighted by atomic mass is 9.84. The maximum Gasteiger partial charge on any atom is 0.410 e. The third kappa shape index (κ3) is 14.1. The molecule has 0 aromatic carbocycles. The summed E-state index contributed by atoms with van der Waals surface area (Å²) in [6.07, 6.45) is 4.19. The smallest absolute Gasteiger partial charge is 0.410 e. The lowest BCUT2D eigenvalue weighted by molar-refractivity contribution is -0.160. The van der Waals surface area contributed by atoms with E-state index >= 15 is 0 Å². The molecule has 1 heterocycles. The Balaban J connectivity index is 2.23. The number of carbonyl (C=O) groups is 9. The van der Waals surface area contributed by atoms with Crippen molar-refractivity contribution in [1.29, 1.82) is 0 Å². The second-order valence-corrected chi connectivity index (χ2v) is 17.1. The fourth-order valence-electron chi connectivity index (χ4n) is 7.06. The summed E-state index contributed by atoms with van der Waals surface area (Å²) in [5, 5.41) is 23.3. The first-order chi connectivity index (χ1) is 27.3. The first-order valence-electron chi connectivity index (χ1n) is 20.4. The number of aliphatic carboxylic acids is 2. The SMILES string of the molecule is CC[C@H](C)[C@H](NC(=O)[C@H](C)N(C)C(=O)OC(C)(C)C)C(=O)N(C)[C@@H](C)C(=O)N1CC[C@H]1C(=O)N(C)[C@@H](CC1CCCCC1)C(=O)N(C)CC(=O)N[C@@H](CC(=O)O)C(=O)O. The number of ether oxygens (including phenoxy) is 1. The molecule has 4 N–H and O–H groups in total. The number of carboxylic acids is 2. The van der Waals surface area contributed by atoms with Crippen LogP contribution in [0.25, 0.3) is 0 Å². The van der Waals surface area contributed by atoms with Crippen LogP contribution in [0.1, 0.15) is 106 Å². The number of likely N-dealkylation sites (tertiary alicyclic amines) is 1. The Hall–Kier alpha value is -4.97. The summed E-state index contributed by atoms with van der Waals surface area (Å²) in [6.45, 7) is 11.4. The van der Waals surface area contributed by atoms with E-state index < -0.39 is 108 Å². The molecular weight excluding hydrogens is 770 g/mol. The predicted octanol–water partition coefficient (Wildman–Crippen LogP) is 1.52. The minimum Gasteiger partial charge on any atom is -0.481 e. The van der Waals surface area contributed by atoms with Crippen molar-refractivity contribution in [1.82, 2.24) is 35.1 Å². The molecule has 7 amide bonds. The average molecular weight is 838 g/mol.